The van der Waals surface area contributed by atoms with Crippen molar-refractivity contribution in [3.63, 3.8) is 0 Å². The molecule has 0 saturated carbocycles. The molecule has 0 saturated heterocycles. The summed E-state index contributed by atoms with van der Waals surface area (Å²) in [6.07, 6.45) is 1.94. The molecule has 0 spiro atoms. The molecule has 0 fully saturated rings. The van der Waals surface area contributed by atoms with Crippen molar-refractivity contribution in [1.29, 1.82) is 0 Å². The number of ether oxygens (including phenoxy) is 1. The standard InChI is InChI=1S/C80H89FN4O/c1-49(2)52-36-53(50(3)4)38-54(37-52)66-42-57(77(8,9)10)41-65(51-28-30-59(81)31-29-51)75(66)84-48-83(70-26-22-23-27-71(70)84)60-39-55(74-67(79(14,15)16)43-58(78(11,12)13)44-68(74)80(17,18)19)40-62(46-60)86-61-32-33-64-63-24-20-21-25-69(63)85(72(64)47-61)73-45-56(34-35-82-73)76(5,6)7/h20-47,49-50H,48H2,1-19H3. The lowest BCUT2D eigenvalue weighted by Gasteiger charge is -2.34. The predicted molar refractivity (Wildman–Crippen MR) is 365 cm³/mol. The summed E-state index contributed by atoms with van der Waals surface area (Å²) in [5, 5.41) is 2.29. The minimum Gasteiger partial charge on any atom is -0.457 e. The Balaban J connectivity index is 1.17. The van der Waals surface area contributed by atoms with Gasteiger partial charge in [0.25, 0.3) is 0 Å². The van der Waals surface area contributed by atoms with Crippen molar-refractivity contribution in [2.24, 2.45) is 0 Å². The number of benzene rings is 8. The molecule has 0 amide bonds. The lowest BCUT2D eigenvalue weighted by molar-refractivity contribution is 0.483. The maximum atomic E-state index is 15.1. The quantitative estimate of drug-likeness (QED) is 0.137. The highest BCUT2D eigenvalue weighted by Gasteiger charge is 2.36. The number of hydrogen-bond acceptors (Lipinski definition) is 4. The van der Waals surface area contributed by atoms with E-state index in [0.717, 1.165) is 84.1 Å². The van der Waals surface area contributed by atoms with Crippen LogP contribution in [0.15, 0.2) is 170 Å². The summed E-state index contributed by atoms with van der Waals surface area (Å²) in [7, 11) is 0. The molecule has 86 heavy (non-hydrogen) atoms. The summed E-state index contributed by atoms with van der Waals surface area (Å²) in [5.74, 6) is 2.72. The Kier molecular flexibility index (Phi) is 15.1. The highest BCUT2D eigenvalue weighted by Crippen LogP contribution is 2.54. The van der Waals surface area contributed by atoms with Gasteiger partial charge < -0.3 is 14.5 Å². The molecule has 6 heteroatoms. The minimum atomic E-state index is -0.258. The average Bonchev–Trinajstić information content (AvgIpc) is 1.38. The molecule has 8 aromatic carbocycles. The number of halogens is 1. The second-order valence-corrected chi connectivity index (χ2v) is 30.1. The van der Waals surface area contributed by atoms with Crippen molar-refractivity contribution in [3.05, 3.63) is 215 Å². The first kappa shape index (κ1) is 59.8. The molecule has 1 aliphatic rings. The smallest absolute Gasteiger partial charge is 0.137 e. The fourth-order valence-electron chi connectivity index (χ4n) is 12.5. The van der Waals surface area contributed by atoms with E-state index in [0.29, 0.717) is 18.5 Å². The van der Waals surface area contributed by atoms with Crippen LogP contribution < -0.4 is 14.5 Å². The molecule has 0 unspecified atom stereocenters. The Morgan fingerprint density at radius 2 is 0.988 bits per heavy atom. The number of rotatable bonds is 10. The summed E-state index contributed by atoms with van der Waals surface area (Å²) in [5.41, 5.74) is 21.2. The Bertz CT molecular complexity index is 4160. The van der Waals surface area contributed by atoms with Gasteiger partial charge in [0.1, 0.15) is 29.8 Å². The zero-order chi connectivity index (χ0) is 61.7. The van der Waals surface area contributed by atoms with Gasteiger partial charge >= 0.3 is 0 Å². The zero-order valence-electron chi connectivity index (χ0n) is 54.6. The van der Waals surface area contributed by atoms with E-state index in [4.69, 9.17) is 9.72 Å². The van der Waals surface area contributed by atoms with Crippen LogP contribution in [0.1, 0.15) is 182 Å². The zero-order valence-corrected chi connectivity index (χ0v) is 54.6. The first-order valence-corrected chi connectivity index (χ1v) is 31.1. The Morgan fingerprint density at radius 1 is 0.442 bits per heavy atom. The van der Waals surface area contributed by atoms with Gasteiger partial charge in [0.2, 0.25) is 0 Å². The summed E-state index contributed by atoms with van der Waals surface area (Å²) in [4.78, 5) is 9.99. The maximum absolute atomic E-state index is 15.1. The fraction of sp³-hybridized carbons (Fsp3) is 0.338. The van der Waals surface area contributed by atoms with Gasteiger partial charge in [-0.15, -0.1) is 0 Å². The highest BCUT2D eigenvalue weighted by atomic mass is 19.1. The fourth-order valence-corrected chi connectivity index (χ4v) is 12.5. The van der Waals surface area contributed by atoms with Crippen LogP contribution in [-0.4, -0.2) is 16.2 Å². The van der Waals surface area contributed by atoms with E-state index in [2.05, 4.69) is 285 Å². The van der Waals surface area contributed by atoms with Gasteiger partial charge in [-0.3, -0.25) is 4.57 Å². The van der Waals surface area contributed by atoms with Gasteiger partial charge in [-0.25, -0.2) is 9.37 Å². The van der Waals surface area contributed by atoms with Gasteiger partial charge in [0.05, 0.1) is 28.1 Å². The highest BCUT2D eigenvalue weighted by molar-refractivity contribution is 6.09. The first-order chi connectivity index (χ1) is 40.3. The third-order valence-corrected chi connectivity index (χ3v) is 17.6. The number of fused-ring (bicyclic) bond motifs is 4. The number of pyridine rings is 1. The van der Waals surface area contributed by atoms with E-state index in [9.17, 15) is 0 Å². The molecule has 11 rings (SSSR count). The van der Waals surface area contributed by atoms with E-state index in [1.165, 1.54) is 50.1 Å². The molecular formula is C80H89FN4O. The normalized spacial score (nSPS) is 13.5. The van der Waals surface area contributed by atoms with Crippen LogP contribution >= 0.6 is 0 Å². The SMILES string of the molecule is CC(C)c1cc(-c2cc(C(C)(C)C)cc(-c3ccc(F)cc3)c2N2CN(c3cc(Oc4ccc5c6ccccc6n(-c6cc(C(C)(C)C)ccn6)c5c4)cc(-c4c(C(C)(C)C)cc(C(C)(C)C)cc4C(C)(C)C)c3)c3ccccc32)cc(C(C)C)c1. The van der Waals surface area contributed by atoms with Crippen molar-refractivity contribution in [2.45, 2.75) is 170 Å². The third kappa shape index (κ3) is 11.5. The first-order valence-electron chi connectivity index (χ1n) is 31.1. The molecule has 0 aliphatic carbocycles. The largest absolute Gasteiger partial charge is 0.457 e. The molecule has 2 aromatic heterocycles. The lowest BCUT2D eigenvalue weighted by Crippen LogP contribution is -2.25. The molecule has 1 aliphatic heterocycles. The molecule has 0 radical (unpaired) electrons. The summed E-state index contributed by atoms with van der Waals surface area (Å²) in [6, 6.07) is 59.3. The Labute approximate surface area is 512 Å². The minimum absolute atomic E-state index is 0.0614. The van der Waals surface area contributed by atoms with E-state index in [-0.39, 0.29) is 32.9 Å². The monoisotopic (exact) mass is 1140 g/mol. The van der Waals surface area contributed by atoms with Gasteiger partial charge in [-0.05, 0) is 179 Å². The van der Waals surface area contributed by atoms with Crippen LogP contribution in [0.5, 0.6) is 11.5 Å². The third-order valence-electron chi connectivity index (χ3n) is 17.6. The summed E-state index contributed by atoms with van der Waals surface area (Å²) >= 11 is 0. The van der Waals surface area contributed by atoms with Crippen LogP contribution in [0, 0.1) is 5.82 Å². The van der Waals surface area contributed by atoms with Crippen molar-refractivity contribution >= 4 is 44.6 Å². The molecule has 442 valence electrons. The topological polar surface area (TPSA) is 33.5 Å². The number of nitrogens with zero attached hydrogens (tertiary/aromatic N) is 4. The van der Waals surface area contributed by atoms with Crippen LogP contribution in [0.4, 0.5) is 27.1 Å². The maximum Gasteiger partial charge on any atom is 0.137 e. The second kappa shape index (κ2) is 21.8. The van der Waals surface area contributed by atoms with E-state index < -0.39 is 0 Å². The van der Waals surface area contributed by atoms with Crippen LogP contribution in [0.2, 0.25) is 0 Å². The number of aromatic nitrogens is 2. The van der Waals surface area contributed by atoms with Crippen LogP contribution in [0.25, 0.3) is 61.0 Å². The number of para-hydroxylation sites is 3. The Morgan fingerprint density at radius 3 is 1.57 bits per heavy atom. The summed E-state index contributed by atoms with van der Waals surface area (Å²) in [6.45, 7) is 44.3. The Hall–Kier alpha value is -7.96. The molecule has 0 N–H and O–H groups in total. The predicted octanol–water partition coefficient (Wildman–Crippen LogP) is 23.1. The van der Waals surface area contributed by atoms with Gasteiger partial charge in [-0.2, -0.15) is 0 Å². The van der Waals surface area contributed by atoms with E-state index in [1.807, 2.05) is 18.3 Å². The molecule has 5 nitrogen and oxygen atoms in total. The van der Waals surface area contributed by atoms with Gasteiger partial charge in [-0.1, -0.05) is 204 Å². The average molecular weight is 1140 g/mol. The van der Waals surface area contributed by atoms with Crippen molar-refractivity contribution in [1.82, 2.24) is 9.55 Å². The summed E-state index contributed by atoms with van der Waals surface area (Å²) < 4.78 is 24.8. The van der Waals surface area contributed by atoms with Crippen molar-refractivity contribution in [2.75, 3.05) is 16.5 Å². The molecule has 0 bridgehead atoms. The lowest BCUT2D eigenvalue weighted by atomic mass is 9.71. The molecular weight excluding hydrogens is 1050 g/mol. The van der Waals surface area contributed by atoms with E-state index in [1.54, 1.807) is 12.1 Å². The number of anilines is 4. The molecule has 3 heterocycles. The van der Waals surface area contributed by atoms with Crippen molar-refractivity contribution < 1.29 is 9.13 Å². The van der Waals surface area contributed by atoms with Gasteiger partial charge in [0, 0.05) is 45.9 Å². The van der Waals surface area contributed by atoms with Crippen molar-refractivity contribution in [3.8, 4) is 50.7 Å². The van der Waals surface area contributed by atoms with Crippen LogP contribution in [-0.2, 0) is 27.1 Å². The number of hydrogen-bond donors (Lipinski definition) is 0. The van der Waals surface area contributed by atoms with Gasteiger partial charge in [0.15, 0.2) is 0 Å². The van der Waals surface area contributed by atoms with E-state index >= 15 is 4.39 Å². The molecule has 10 aromatic rings. The molecule has 0 atom stereocenters. The van der Waals surface area contributed by atoms with Crippen LogP contribution in [0.3, 0.4) is 0 Å². The second-order valence-electron chi connectivity index (χ2n) is 30.1.